The van der Waals surface area contributed by atoms with Crippen molar-refractivity contribution in [3.63, 3.8) is 0 Å². The summed E-state index contributed by atoms with van der Waals surface area (Å²) in [4.78, 5) is 37.8. The Hall–Kier alpha value is -3.15. The van der Waals surface area contributed by atoms with Crippen LogP contribution in [0.4, 0.5) is 0 Å². The molecule has 0 rings (SSSR count). The van der Waals surface area contributed by atoms with Crippen molar-refractivity contribution in [1.29, 1.82) is 0 Å². The van der Waals surface area contributed by atoms with Crippen molar-refractivity contribution >= 4 is 17.9 Å². The second kappa shape index (κ2) is 50.5. The minimum Gasteiger partial charge on any atom is -0.462 e. The molecule has 0 aliphatic rings. The van der Waals surface area contributed by atoms with E-state index in [-0.39, 0.29) is 31.1 Å². The van der Waals surface area contributed by atoms with Crippen LogP contribution in [0.5, 0.6) is 0 Å². The number of rotatable bonds is 46. The van der Waals surface area contributed by atoms with Gasteiger partial charge in [0, 0.05) is 19.3 Å². The maximum absolute atomic E-state index is 12.7. The molecule has 0 N–H and O–H groups in total. The summed E-state index contributed by atoms with van der Waals surface area (Å²) in [6.45, 7) is 6.47. The topological polar surface area (TPSA) is 78.9 Å². The van der Waals surface area contributed by atoms with Crippen LogP contribution in [0.1, 0.15) is 245 Å². The Kier molecular flexibility index (Phi) is 47.9. The predicted octanol–water partition coefficient (Wildman–Crippen LogP) is 17.0. The van der Waals surface area contributed by atoms with Crippen LogP contribution in [-0.4, -0.2) is 37.2 Å². The number of hydrogen-bond donors (Lipinski definition) is 0. The first-order valence-corrected chi connectivity index (χ1v) is 25.9. The van der Waals surface area contributed by atoms with Gasteiger partial charge in [0.15, 0.2) is 6.10 Å². The van der Waals surface area contributed by atoms with Gasteiger partial charge in [-0.2, -0.15) is 0 Å². The average molecular weight is 865 g/mol. The average Bonchev–Trinajstić information content (AvgIpc) is 3.27. The number of ether oxygens (including phenoxy) is 3. The largest absolute Gasteiger partial charge is 0.462 e. The highest BCUT2D eigenvalue weighted by molar-refractivity contribution is 5.71. The zero-order valence-electron chi connectivity index (χ0n) is 40.6. The van der Waals surface area contributed by atoms with Crippen LogP contribution in [0.2, 0.25) is 0 Å². The molecule has 0 amide bonds. The second-order valence-electron chi connectivity index (χ2n) is 17.1. The quantitative estimate of drug-likeness (QED) is 0.0262. The van der Waals surface area contributed by atoms with E-state index in [0.29, 0.717) is 19.3 Å². The van der Waals surface area contributed by atoms with Crippen LogP contribution < -0.4 is 0 Å². The standard InChI is InChI=1S/C56H96O6/c1-4-7-10-13-16-19-21-23-24-25-26-27-28-29-30-31-32-34-35-37-40-43-46-49-55(58)61-52-53(51-60-54(57)48-45-42-39-18-15-12-9-6-3)62-56(59)50-47-44-41-38-36-33-22-20-17-14-11-8-5-2/h7,10,16,19,23-24,26-27,29-30,32,34,53H,4-6,8-9,11-15,17-18,20-22,25,28,31,33,35-52H2,1-3H3/b10-7-,19-16-,24-23-,27-26-,30-29-,34-32-. The molecule has 356 valence electrons. The van der Waals surface area contributed by atoms with E-state index in [1.165, 1.54) is 96.3 Å². The van der Waals surface area contributed by atoms with E-state index in [9.17, 15) is 14.4 Å². The van der Waals surface area contributed by atoms with E-state index in [0.717, 1.165) is 109 Å². The highest BCUT2D eigenvalue weighted by Crippen LogP contribution is 2.15. The molecular formula is C56H96O6. The van der Waals surface area contributed by atoms with Gasteiger partial charge in [-0.1, -0.05) is 229 Å². The van der Waals surface area contributed by atoms with Gasteiger partial charge in [0.25, 0.3) is 0 Å². The molecule has 0 aromatic carbocycles. The zero-order valence-corrected chi connectivity index (χ0v) is 40.6. The highest BCUT2D eigenvalue weighted by atomic mass is 16.6. The van der Waals surface area contributed by atoms with Crippen LogP contribution >= 0.6 is 0 Å². The Morgan fingerprint density at radius 3 is 0.984 bits per heavy atom. The second-order valence-corrected chi connectivity index (χ2v) is 17.1. The third-order valence-electron chi connectivity index (χ3n) is 11.0. The minimum absolute atomic E-state index is 0.0813. The van der Waals surface area contributed by atoms with Crippen molar-refractivity contribution in [1.82, 2.24) is 0 Å². The van der Waals surface area contributed by atoms with Crippen LogP contribution in [0, 0.1) is 0 Å². The van der Waals surface area contributed by atoms with Gasteiger partial charge in [-0.05, 0) is 70.6 Å². The van der Waals surface area contributed by atoms with Gasteiger partial charge >= 0.3 is 17.9 Å². The first kappa shape index (κ1) is 58.9. The lowest BCUT2D eigenvalue weighted by molar-refractivity contribution is -0.167. The Bertz CT molecular complexity index is 1180. The summed E-state index contributed by atoms with van der Waals surface area (Å²) >= 11 is 0. The lowest BCUT2D eigenvalue weighted by Crippen LogP contribution is -2.30. The molecule has 62 heavy (non-hydrogen) atoms. The Morgan fingerprint density at radius 2 is 0.629 bits per heavy atom. The number of carbonyl (C=O) groups excluding carboxylic acids is 3. The van der Waals surface area contributed by atoms with Crippen molar-refractivity contribution in [3.8, 4) is 0 Å². The van der Waals surface area contributed by atoms with E-state index in [2.05, 4.69) is 93.7 Å². The Labute approximate surface area is 382 Å². The highest BCUT2D eigenvalue weighted by Gasteiger charge is 2.19. The van der Waals surface area contributed by atoms with Gasteiger partial charge in [0.05, 0.1) is 0 Å². The van der Waals surface area contributed by atoms with E-state index in [4.69, 9.17) is 14.2 Å². The fourth-order valence-electron chi connectivity index (χ4n) is 7.09. The third kappa shape index (κ3) is 47.9. The Balaban J connectivity index is 4.30. The van der Waals surface area contributed by atoms with E-state index >= 15 is 0 Å². The van der Waals surface area contributed by atoms with E-state index in [1.54, 1.807) is 0 Å². The van der Waals surface area contributed by atoms with Gasteiger partial charge in [-0.25, -0.2) is 0 Å². The molecule has 0 saturated carbocycles. The van der Waals surface area contributed by atoms with E-state index < -0.39 is 6.10 Å². The number of allylic oxidation sites excluding steroid dienone is 12. The van der Waals surface area contributed by atoms with E-state index in [1.807, 2.05) is 0 Å². The normalized spacial score (nSPS) is 12.6. The molecule has 1 atom stereocenters. The van der Waals surface area contributed by atoms with Crippen molar-refractivity contribution < 1.29 is 28.6 Å². The molecule has 0 heterocycles. The summed E-state index contributed by atoms with van der Waals surface area (Å²) in [5.74, 6) is -0.909. The minimum atomic E-state index is -0.780. The zero-order chi connectivity index (χ0) is 45.1. The van der Waals surface area contributed by atoms with Crippen molar-refractivity contribution in [2.45, 2.75) is 252 Å². The molecule has 0 aliphatic heterocycles. The number of hydrogen-bond acceptors (Lipinski definition) is 6. The molecule has 0 saturated heterocycles. The fourth-order valence-corrected chi connectivity index (χ4v) is 7.09. The summed E-state index contributed by atoms with van der Waals surface area (Å²) in [5.41, 5.74) is 0. The van der Waals surface area contributed by atoms with Crippen molar-refractivity contribution in [2.75, 3.05) is 13.2 Å². The summed E-state index contributed by atoms with van der Waals surface area (Å²) in [6.07, 6.45) is 63.2. The summed E-state index contributed by atoms with van der Waals surface area (Å²) < 4.78 is 16.7. The van der Waals surface area contributed by atoms with Gasteiger partial charge in [0.2, 0.25) is 0 Å². The first-order valence-electron chi connectivity index (χ1n) is 25.9. The van der Waals surface area contributed by atoms with Crippen LogP contribution in [0.25, 0.3) is 0 Å². The summed E-state index contributed by atoms with van der Waals surface area (Å²) in [5, 5.41) is 0. The first-order chi connectivity index (χ1) is 30.5. The van der Waals surface area contributed by atoms with Gasteiger partial charge < -0.3 is 14.2 Å². The predicted molar refractivity (Wildman–Crippen MR) is 265 cm³/mol. The Morgan fingerprint density at radius 1 is 0.339 bits per heavy atom. The summed E-state index contributed by atoms with van der Waals surface area (Å²) in [6, 6.07) is 0. The molecular weight excluding hydrogens is 769 g/mol. The molecule has 0 aromatic heterocycles. The fraction of sp³-hybridized carbons (Fsp3) is 0.732. The smallest absolute Gasteiger partial charge is 0.306 e. The third-order valence-corrected chi connectivity index (χ3v) is 11.0. The molecule has 0 aromatic rings. The summed E-state index contributed by atoms with van der Waals surface area (Å²) in [7, 11) is 0. The molecule has 0 radical (unpaired) electrons. The molecule has 0 fully saturated rings. The number of carbonyl (C=O) groups is 3. The lowest BCUT2D eigenvalue weighted by Gasteiger charge is -2.18. The molecule has 0 aliphatic carbocycles. The molecule has 6 heteroatoms. The van der Waals surface area contributed by atoms with Crippen LogP contribution in [-0.2, 0) is 28.6 Å². The maximum Gasteiger partial charge on any atom is 0.306 e. The maximum atomic E-state index is 12.7. The SMILES string of the molecule is CC/C=C\C/C=C\C/C=C\C/C=C\C/C=C\C/C=C\CCCCCCC(=O)OCC(COC(=O)CCCCCCCCCC)OC(=O)CCCCCCCCCCCCCCC. The molecule has 6 nitrogen and oxygen atoms in total. The van der Waals surface area contributed by atoms with Crippen LogP contribution in [0.15, 0.2) is 72.9 Å². The molecule has 1 unspecified atom stereocenters. The lowest BCUT2D eigenvalue weighted by atomic mass is 10.0. The van der Waals surface area contributed by atoms with Crippen LogP contribution in [0.3, 0.4) is 0 Å². The van der Waals surface area contributed by atoms with Crippen molar-refractivity contribution in [3.05, 3.63) is 72.9 Å². The van der Waals surface area contributed by atoms with Gasteiger partial charge in [0.1, 0.15) is 13.2 Å². The van der Waals surface area contributed by atoms with Gasteiger partial charge in [-0.15, -0.1) is 0 Å². The number of unbranched alkanes of at least 4 members (excludes halogenated alkanes) is 23. The van der Waals surface area contributed by atoms with Gasteiger partial charge in [-0.3, -0.25) is 14.4 Å². The molecule has 0 spiro atoms. The van der Waals surface area contributed by atoms with Crippen molar-refractivity contribution in [2.24, 2.45) is 0 Å². The monoisotopic (exact) mass is 865 g/mol. The number of esters is 3. The molecule has 0 bridgehead atoms.